The van der Waals surface area contributed by atoms with E-state index in [2.05, 4.69) is 6.92 Å². The maximum Gasteiger partial charge on any atom is 0.113 e. The first-order valence-electron chi connectivity index (χ1n) is 6.97. The number of hydrogen-bond donors (Lipinski definition) is 4. The molecule has 112 valence electrons. The van der Waals surface area contributed by atoms with E-state index in [0.717, 1.165) is 24.0 Å². The minimum absolute atomic E-state index is 0.407. The normalized spacial score (nSPS) is 34.1. The molecule has 1 saturated heterocycles. The molecule has 2 rings (SSSR count). The predicted molar refractivity (Wildman–Crippen MR) is 73.2 cm³/mol. The summed E-state index contributed by atoms with van der Waals surface area (Å²) >= 11 is 0. The third-order valence-electron chi connectivity index (χ3n) is 3.71. The van der Waals surface area contributed by atoms with Gasteiger partial charge in [0.15, 0.2) is 0 Å². The average Bonchev–Trinajstić information content (AvgIpc) is 2.46. The number of ether oxygens (including phenoxy) is 1. The highest BCUT2D eigenvalue weighted by atomic mass is 16.5. The second-order valence-corrected chi connectivity index (χ2v) is 5.24. The van der Waals surface area contributed by atoms with Gasteiger partial charge in [0, 0.05) is 0 Å². The second-order valence-electron chi connectivity index (χ2n) is 5.24. The molecule has 1 fully saturated rings. The van der Waals surface area contributed by atoms with Crippen molar-refractivity contribution in [3.05, 3.63) is 35.4 Å². The number of benzene rings is 1. The standard InChI is InChI=1S/C15H22O5/c1-2-4-9-5-3-6-10(7-9)15-14(19)13(18)12(17)11(8-16)20-15/h3,5-7,11-19H,2,4,8H2,1H3/t11?,12-,13+,14?,15+/m1/s1. The molecular weight excluding hydrogens is 260 g/mol. The minimum atomic E-state index is -1.33. The van der Waals surface area contributed by atoms with E-state index in [1.165, 1.54) is 0 Å². The molecule has 0 bridgehead atoms. The Labute approximate surface area is 118 Å². The highest BCUT2D eigenvalue weighted by Gasteiger charge is 2.43. The number of aliphatic hydroxyl groups excluding tert-OH is 4. The van der Waals surface area contributed by atoms with Gasteiger partial charge in [0.1, 0.15) is 30.5 Å². The Morgan fingerprint density at radius 2 is 1.85 bits per heavy atom. The van der Waals surface area contributed by atoms with Crippen molar-refractivity contribution < 1.29 is 25.2 Å². The van der Waals surface area contributed by atoms with Crippen LogP contribution in [0.25, 0.3) is 0 Å². The number of hydrogen-bond acceptors (Lipinski definition) is 5. The van der Waals surface area contributed by atoms with Gasteiger partial charge >= 0.3 is 0 Å². The smallest absolute Gasteiger partial charge is 0.113 e. The van der Waals surface area contributed by atoms with Crippen molar-refractivity contribution in [2.24, 2.45) is 0 Å². The van der Waals surface area contributed by atoms with Gasteiger partial charge in [0.2, 0.25) is 0 Å². The Morgan fingerprint density at radius 1 is 1.10 bits per heavy atom. The lowest BCUT2D eigenvalue weighted by atomic mass is 9.90. The van der Waals surface area contributed by atoms with E-state index in [1.54, 1.807) is 0 Å². The van der Waals surface area contributed by atoms with Crippen LogP contribution in [0.4, 0.5) is 0 Å². The fourth-order valence-electron chi connectivity index (χ4n) is 2.59. The first kappa shape index (κ1) is 15.4. The zero-order chi connectivity index (χ0) is 14.7. The monoisotopic (exact) mass is 282 g/mol. The van der Waals surface area contributed by atoms with Gasteiger partial charge in [-0.05, 0) is 17.5 Å². The van der Waals surface area contributed by atoms with E-state index in [0.29, 0.717) is 0 Å². The third kappa shape index (κ3) is 3.02. The van der Waals surface area contributed by atoms with Crippen LogP contribution in [0.5, 0.6) is 0 Å². The molecule has 1 aromatic rings. The lowest BCUT2D eigenvalue weighted by Crippen LogP contribution is -2.55. The summed E-state index contributed by atoms with van der Waals surface area (Å²) in [5.74, 6) is 0. The Bertz CT molecular complexity index is 434. The summed E-state index contributed by atoms with van der Waals surface area (Å²) in [6, 6.07) is 7.61. The van der Waals surface area contributed by atoms with Crippen molar-refractivity contribution in [2.45, 2.75) is 50.3 Å². The van der Waals surface area contributed by atoms with Gasteiger partial charge in [-0.2, -0.15) is 0 Å². The fourth-order valence-corrected chi connectivity index (χ4v) is 2.59. The summed E-state index contributed by atoms with van der Waals surface area (Å²) in [6.45, 7) is 1.68. The van der Waals surface area contributed by atoms with Gasteiger partial charge in [-0.1, -0.05) is 37.6 Å². The summed E-state index contributed by atoms with van der Waals surface area (Å²) in [5, 5.41) is 38.8. The Kier molecular flexibility index (Phi) is 5.12. The number of aryl methyl sites for hydroxylation is 1. The van der Waals surface area contributed by atoms with Gasteiger partial charge in [0.05, 0.1) is 6.61 Å². The van der Waals surface area contributed by atoms with Crippen molar-refractivity contribution >= 4 is 0 Å². The third-order valence-corrected chi connectivity index (χ3v) is 3.71. The molecule has 0 amide bonds. The van der Waals surface area contributed by atoms with Crippen molar-refractivity contribution in [1.29, 1.82) is 0 Å². The zero-order valence-corrected chi connectivity index (χ0v) is 11.5. The molecule has 5 atom stereocenters. The van der Waals surface area contributed by atoms with Crippen molar-refractivity contribution in [1.82, 2.24) is 0 Å². The van der Waals surface area contributed by atoms with E-state index in [1.807, 2.05) is 24.3 Å². The molecule has 4 N–H and O–H groups in total. The first-order valence-corrected chi connectivity index (χ1v) is 6.97. The fraction of sp³-hybridized carbons (Fsp3) is 0.600. The Morgan fingerprint density at radius 3 is 2.50 bits per heavy atom. The topological polar surface area (TPSA) is 90.2 Å². The molecule has 5 nitrogen and oxygen atoms in total. The van der Waals surface area contributed by atoms with Gasteiger partial charge in [-0.25, -0.2) is 0 Å². The molecule has 20 heavy (non-hydrogen) atoms. The van der Waals surface area contributed by atoms with Gasteiger partial charge in [-0.3, -0.25) is 0 Å². The molecule has 0 saturated carbocycles. The van der Waals surface area contributed by atoms with Crippen LogP contribution in [0.1, 0.15) is 30.6 Å². The van der Waals surface area contributed by atoms with Crippen LogP contribution in [-0.4, -0.2) is 51.4 Å². The van der Waals surface area contributed by atoms with Crippen molar-refractivity contribution in [3.63, 3.8) is 0 Å². The van der Waals surface area contributed by atoms with E-state index in [9.17, 15) is 20.4 Å². The maximum absolute atomic E-state index is 10.1. The van der Waals surface area contributed by atoms with E-state index >= 15 is 0 Å². The van der Waals surface area contributed by atoms with E-state index < -0.39 is 37.1 Å². The zero-order valence-electron chi connectivity index (χ0n) is 11.5. The van der Waals surface area contributed by atoms with Crippen LogP contribution in [0, 0.1) is 0 Å². The molecule has 1 heterocycles. The lowest BCUT2D eigenvalue weighted by molar-refractivity contribution is -0.231. The highest BCUT2D eigenvalue weighted by molar-refractivity contribution is 5.27. The van der Waals surface area contributed by atoms with Gasteiger partial charge < -0.3 is 25.2 Å². The lowest BCUT2D eigenvalue weighted by Gasteiger charge is -2.40. The quantitative estimate of drug-likeness (QED) is 0.631. The molecule has 1 aliphatic heterocycles. The largest absolute Gasteiger partial charge is 0.394 e. The van der Waals surface area contributed by atoms with Crippen LogP contribution in [-0.2, 0) is 11.2 Å². The van der Waals surface area contributed by atoms with Crippen LogP contribution in [0.2, 0.25) is 0 Å². The number of aliphatic hydroxyl groups is 4. The van der Waals surface area contributed by atoms with Crippen LogP contribution < -0.4 is 0 Å². The highest BCUT2D eigenvalue weighted by Crippen LogP contribution is 2.32. The Hall–Kier alpha value is -0.980. The minimum Gasteiger partial charge on any atom is -0.394 e. The molecule has 2 unspecified atom stereocenters. The second kappa shape index (κ2) is 6.65. The molecule has 1 aromatic carbocycles. The predicted octanol–water partition coefficient (Wildman–Crippen LogP) is 0.154. The van der Waals surface area contributed by atoms with Gasteiger partial charge in [-0.15, -0.1) is 0 Å². The Balaban J connectivity index is 2.24. The van der Waals surface area contributed by atoms with Crippen LogP contribution in [0.3, 0.4) is 0 Å². The molecule has 0 spiro atoms. The molecule has 5 heteroatoms. The first-order chi connectivity index (χ1) is 9.58. The maximum atomic E-state index is 10.1. The molecule has 0 aromatic heterocycles. The van der Waals surface area contributed by atoms with Crippen molar-refractivity contribution in [3.8, 4) is 0 Å². The molecule has 0 aliphatic carbocycles. The van der Waals surface area contributed by atoms with Crippen LogP contribution in [0.15, 0.2) is 24.3 Å². The summed E-state index contributed by atoms with van der Waals surface area (Å²) < 4.78 is 5.54. The molecule has 1 aliphatic rings. The van der Waals surface area contributed by atoms with E-state index in [4.69, 9.17) is 4.74 Å². The molecule has 0 radical (unpaired) electrons. The van der Waals surface area contributed by atoms with Gasteiger partial charge in [0.25, 0.3) is 0 Å². The molecular formula is C15H22O5. The summed E-state index contributed by atoms with van der Waals surface area (Å²) in [7, 11) is 0. The number of rotatable bonds is 4. The van der Waals surface area contributed by atoms with Crippen LogP contribution >= 0.6 is 0 Å². The summed E-state index contributed by atoms with van der Waals surface area (Å²) in [4.78, 5) is 0. The van der Waals surface area contributed by atoms with E-state index in [-0.39, 0.29) is 0 Å². The summed E-state index contributed by atoms with van der Waals surface area (Å²) in [5.41, 5.74) is 1.87. The SMILES string of the molecule is CCCc1cccc([C@@H]2OC(CO)[C@@H](O)[C@H](O)C2O)c1. The van der Waals surface area contributed by atoms with Crippen molar-refractivity contribution in [2.75, 3.05) is 6.61 Å². The summed E-state index contributed by atoms with van der Waals surface area (Å²) in [6.07, 6.45) is -3.55. The average molecular weight is 282 g/mol.